The normalized spacial score (nSPS) is 38.4. The van der Waals surface area contributed by atoms with Gasteiger partial charge in [0.1, 0.15) is 0 Å². The van der Waals surface area contributed by atoms with E-state index in [9.17, 15) is 0 Å². The van der Waals surface area contributed by atoms with Crippen LogP contribution in [0.5, 0.6) is 0 Å². The van der Waals surface area contributed by atoms with Crippen LogP contribution in [0.1, 0.15) is 20.8 Å². The molecule has 1 heteroatoms. The van der Waals surface area contributed by atoms with Crippen molar-refractivity contribution < 1.29 is 0 Å². The number of rotatable bonds is 0. The summed E-state index contributed by atoms with van der Waals surface area (Å²) in [5.41, 5.74) is 0. The lowest BCUT2D eigenvalue weighted by molar-refractivity contribution is 0.110. The molecule has 1 saturated heterocycles. The molecule has 0 radical (unpaired) electrons. The zero-order chi connectivity index (χ0) is 7.72. The van der Waals surface area contributed by atoms with E-state index in [0.29, 0.717) is 0 Å². The summed E-state index contributed by atoms with van der Waals surface area (Å²) < 4.78 is 0. The second-order valence-corrected chi connectivity index (χ2v) is 4.03. The van der Waals surface area contributed by atoms with Crippen molar-refractivity contribution in [3.63, 3.8) is 0 Å². The minimum absolute atomic E-state index is 0.883. The van der Waals surface area contributed by atoms with Crippen molar-refractivity contribution in [3.8, 4) is 0 Å². The smallest absolute Gasteiger partial charge is 0.000674 e. The van der Waals surface area contributed by atoms with Crippen LogP contribution < -0.4 is 0 Å². The fourth-order valence-corrected chi connectivity index (χ4v) is 1.95. The SMILES string of the molecule is CC1[C@@H](C)CN(C)C[C@@H]1C. The summed E-state index contributed by atoms with van der Waals surface area (Å²) in [7, 11) is 2.22. The molecule has 10 heavy (non-hydrogen) atoms. The minimum Gasteiger partial charge on any atom is -0.306 e. The fourth-order valence-electron chi connectivity index (χ4n) is 1.95. The minimum atomic E-state index is 0.883. The summed E-state index contributed by atoms with van der Waals surface area (Å²) in [4.78, 5) is 2.44. The largest absolute Gasteiger partial charge is 0.306 e. The van der Waals surface area contributed by atoms with E-state index in [-0.39, 0.29) is 0 Å². The van der Waals surface area contributed by atoms with Crippen molar-refractivity contribution in [2.24, 2.45) is 17.8 Å². The van der Waals surface area contributed by atoms with Gasteiger partial charge >= 0.3 is 0 Å². The van der Waals surface area contributed by atoms with Crippen molar-refractivity contribution >= 4 is 0 Å². The van der Waals surface area contributed by atoms with E-state index in [1.807, 2.05) is 0 Å². The van der Waals surface area contributed by atoms with E-state index in [1.54, 1.807) is 0 Å². The molecule has 0 aromatic heterocycles. The van der Waals surface area contributed by atoms with Crippen LogP contribution in [0.3, 0.4) is 0 Å². The molecule has 1 aliphatic heterocycles. The van der Waals surface area contributed by atoms with Gasteiger partial charge in [0, 0.05) is 13.1 Å². The van der Waals surface area contributed by atoms with Gasteiger partial charge in [-0.2, -0.15) is 0 Å². The second kappa shape index (κ2) is 2.91. The lowest BCUT2D eigenvalue weighted by Crippen LogP contribution is -2.41. The van der Waals surface area contributed by atoms with Crippen LogP contribution in [-0.2, 0) is 0 Å². The monoisotopic (exact) mass is 141 g/mol. The maximum Gasteiger partial charge on any atom is 0.000674 e. The maximum absolute atomic E-state index is 2.44. The molecule has 0 saturated carbocycles. The van der Waals surface area contributed by atoms with Gasteiger partial charge < -0.3 is 4.90 Å². The Bertz CT molecular complexity index is 99.3. The molecule has 1 nitrogen and oxygen atoms in total. The lowest BCUT2D eigenvalue weighted by Gasteiger charge is -2.37. The van der Waals surface area contributed by atoms with Crippen molar-refractivity contribution in [1.29, 1.82) is 0 Å². The van der Waals surface area contributed by atoms with Crippen LogP contribution in [0.2, 0.25) is 0 Å². The van der Waals surface area contributed by atoms with Gasteiger partial charge in [-0.05, 0) is 24.8 Å². The van der Waals surface area contributed by atoms with Crippen molar-refractivity contribution in [2.45, 2.75) is 20.8 Å². The molecule has 0 bridgehead atoms. The van der Waals surface area contributed by atoms with Crippen LogP contribution >= 0.6 is 0 Å². The molecule has 0 spiro atoms. The van der Waals surface area contributed by atoms with E-state index in [2.05, 4.69) is 32.7 Å². The predicted octanol–water partition coefficient (Wildman–Crippen LogP) is 1.84. The van der Waals surface area contributed by atoms with Crippen molar-refractivity contribution in [3.05, 3.63) is 0 Å². The highest BCUT2D eigenvalue weighted by Crippen LogP contribution is 2.26. The van der Waals surface area contributed by atoms with E-state index in [4.69, 9.17) is 0 Å². The van der Waals surface area contributed by atoms with E-state index in [1.165, 1.54) is 13.1 Å². The Balaban J connectivity index is 2.49. The Hall–Kier alpha value is -0.0400. The Morgan fingerprint density at radius 3 is 1.80 bits per heavy atom. The van der Waals surface area contributed by atoms with Gasteiger partial charge in [-0.15, -0.1) is 0 Å². The van der Waals surface area contributed by atoms with Crippen molar-refractivity contribution in [1.82, 2.24) is 4.90 Å². The van der Waals surface area contributed by atoms with Gasteiger partial charge in [-0.1, -0.05) is 20.8 Å². The topological polar surface area (TPSA) is 3.24 Å². The number of nitrogens with zero attached hydrogens (tertiary/aromatic N) is 1. The zero-order valence-corrected chi connectivity index (χ0v) is 7.59. The number of likely N-dealkylation sites (tertiary alicyclic amines) is 1. The third-order valence-electron chi connectivity index (χ3n) is 2.99. The standard InChI is InChI=1S/C9H19N/c1-7-5-10(4)6-8(2)9(7)3/h7-9H,5-6H2,1-4H3/t7-,8-/m0/s1. The van der Waals surface area contributed by atoms with Crippen LogP contribution in [0.25, 0.3) is 0 Å². The highest BCUT2D eigenvalue weighted by molar-refractivity contribution is 4.77. The molecule has 60 valence electrons. The molecule has 0 aromatic rings. The maximum atomic E-state index is 2.44. The molecule has 0 N–H and O–H groups in total. The average Bonchev–Trinajstić information content (AvgIpc) is 1.82. The first-order valence-electron chi connectivity index (χ1n) is 4.29. The predicted molar refractivity (Wildman–Crippen MR) is 45.0 cm³/mol. The Morgan fingerprint density at radius 2 is 1.40 bits per heavy atom. The Labute approximate surface area is 64.4 Å². The number of piperidine rings is 1. The third-order valence-corrected chi connectivity index (χ3v) is 2.99. The van der Waals surface area contributed by atoms with E-state index in [0.717, 1.165) is 17.8 Å². The molecular formula is C9H19N. The highest BCUT2D eigenvalue weighted by Gasteiger charge is 2.26. The molecule has 1 heterocycles. The van der Waals surface area contributed by atoms with Crippen molar-refractivity contribution in [2.75, 3.05) is 20.1 Å². The summed E-state index contributed by atoms with van der Waals surface area (Å²) in [6, 6.07) is 0. The highest BCUT2D eigenvalue weighted by atomic mass is 15.1. The number of hydrogen-bond donors (Lipinski definition) is 0. The van der Waals surface area contributed by atoms with E-state index >= 15 is 0 Å². The van der Waals surface area contributed by atoms with Crippen LogP contribution in [-0.4, -0.2) is 25.0 Å². The summed E-state index contributed by atoms with van der Waals surface area (Å²) >= 11 is 0. The summed E-state index contributed by atoms with van der Waals surface area (Å²) in [6.45, 7) is 9.66. The molecular weight excluding hydrogens is 122 g/mol. The molecule has 1 fully saturated rings. The van der Waals surface area contributed by atoms with Crippen LogP contribution in [0, 0.1) is 17.8 Å². The second-order valence-electron chi connectivity index (χ2n) is 4.03. The molecule has 1 rings (SSSR count). The van der Waals surface area contributed by atoms with Gasteiger partial charge in [0.25, 0.3) is 0 Å². The Kier molecular flexibility index (Phi) is 2.35. The molecule has 0 unspecified atom stereocenters. The quantitative estimate of drug-likeness (QED) is 0.497. The van der Waals surface area contributed by atoms with Gasteiger partial charge in [-0.3, -0.25) is 0 Å². The number of hydrogen-bond acceptors (Lipinski definition) is 1. The molecule has 0 amide bonds. The first-order valence-corrected chi connectivity index (χ1v) is 4.29. The zero-order valence-electron chi connectivity index (χ0n) is 7.59. The van der Waals surface area contributed by atoms with Gasteiger partial charge in [0.2, 0.25) is 0 Å². The molecule has 0 aromatic carbocycles. The van der Waals surface area contributed by atoms with Gasteiger partial charge in [0.15, 0.2) is 0 Å². The molecule has 2 atom stereocenters. The third kappa shape index (κ3) is 1.51. The first kappa shape index (κ1) is 8.06. The average molecular weight is 141 g/mol. The fraction of sp³-hybridized carbons (Fsp3) is 1.00. The lowest BCUT2D eigenvalue weighted by atomic mass is 9.81. The van der Waals surface area contributed by atoms with Crippen LogP contribution in [0.15, 0.2) is 0 Å². The van der Waals surface area contributed by atoms with Crippen LogP contribution in [0.4, 0.5) is 0 Å². The molecule has 0 aliphatic carbocycles. The summed E-state index contributed by atoms with van der Waals surface area (Å²) in [6.07, 6.45) is 0. The summed E-state index contributed by atoms with van der Waals surface area (Å²) in [5, 5.41) is 0. The van der Waals surface area contributed by atoms with Gasteiger partial charge in [-0.25, -0.2) is 0 Å². The van der Waals surface area contributed by atoms with Gasteiger partial charge in [0.05, 0.1) is 0 Å². The van der Waals surface area contributed by atoms with E-state index < -0.39 is 0 Å². The molecule has 1 aliphatic rings. The first-order chi connectivity index (χ1) is 4.61. The summed E-state index contributed by atoms with van der Waals surface area (Å²) in [5.74, 6) is 2.68. The Morgan fingerprint density at radius 1 is 1.00 bits per heavy atom.